The molecule has 10 nitrogen and oxygen atoms in total. The van der Waals surface area contributed by atoms with Gasteiger partial charge in [-0.3, -0.25) is 4.79 Å². The van der Waals surface area contributed by atoms with E-state index in [2.05, 4.69) is 25.3 Å². The Hall–Kier alpha value is -3.88. The first-order valence-electron chi connectivity index (χ1n) is 10.6. The van der Waals surface area contributed by atoms with Crippen LogP contribution >= 0.6 is 0 Å². The quantitative estimate of drug-likeness (QED) is 0.532. The van der Waals surface area contributed by atoms with Crippen molar-refractivity contribution in [3.8, 4) is 28.7 Å². The van der Waals surface area contributed by atoms with Gasteiger partial charge < -0.3 is 24.7 Å². The molecule has 11 heteroatoms. The van der Waals surface area contributed by atoms with E-state index in [1.165, 1.54) is 17.0 Å². The van der Waals surface area contributed by atoms with E-state index in [0.29, 0.717) is 28.5 Å². The van der Waals surface area contributed by atoms with Gasteiger partial charge in [0.25, 0.3) is 0 Å². The smallest absolute Gasteiger partial charge is 0.232 e. The second-order valence-electron chi connectivity index (χ2n) is 8.34. The lowest BCUT2D eigenvalue weighted by molar-refractivity contribution is -0.233. The number of nitrogens with zero attached hydrogens (tertiary/aromatic N) is 5. The highest BCUT2D eigenvalue weighted by Crippen LogP contribution is 2.36. The number of carbonyl (C=O) groups excluding carboxylic acids is 1. The van der Waals surface area contributed by atoms with Crippen molar-refractivity contribution in [3.05, 3.63) is 48.2 Å². The first-order chi connectivity index (χ1) is 16.3. The SMILES string of the molecule is CN(C)C(=O)C1(C)COC(c2nc(-c3ccc(F)cc3)c(-c3ccnc(NCC#N)n3)[nH]2)OC1. The Bertz CT molecular complexity index is 1210. The maximum atomic E-state index is 13.5. The van der Waals surface area contributed by atoms with Crippen molar-refractivity contribution in [2.75, 3.05) is 39.2 Å². The Morgan fingerprint density at radius 3 is 2.62 bits per heavy atom. The minimum Gasteiger partial charge on any atom is -0.348 e. The summed E-state index contributed by atoms with van der Waals surface area (Å²) in [6, 6.07) is 9.59. The predicted octanol–water partition coefficient (Wildman–Crippen LogP) is 2.75. The van der Waals surface area contributed by atoms with Gasteiger partial charge in [-0.05, 0) is 37.3 Å². The second-order valence-corrected chi connectivity index (χ2v) is 8.34. The summed E-state index contributed by atoms with van der Waals surface area (Å²) in [6.45, 7) is 2.16. The molecule has 0 unspecified atom stereocenters. The predicted molar refractivity (Wildman–Crippen MR) is 121 cm³/mol. The molecule has 34 heavy (non-hydrogen) atoms. The number of aromatic nitrogens is 4. The molecule has 0 radical (unpaired) electrons. The molecule has 1 amide bonds. The van der Waals surface area contributed by atoms with E-state index in [0.717, 1.165) is 0 Å². The fourth-order valence-corrected chi connectivity index (χ4v) is 3.64. The third-order valence-electron chi connectivity index (χ3n) is 5.33. The van der Waals surface area contributed by atoms with Gasteiger partial charge >= 0.3 is 0 Å². The number of amides is 1. The highest BCUT2D eigenvalue weighted by atomic mass is 19.1. The Balaban J connectivity index is 1.68. The molecular formula is C23H24FN7O3. The van der Waals surface area contributed by atoms with Gasteiger partial charge in [-0.15, -0.1) is 0 Å². The second kappa shape index (κ2) is 9.54. The average molecular weight is 465 g/mol. The molecule has 0 aliphatic carbocycles. The summed E-state index contributed by atoms with van der Waals surface area (Å²) < 4.78 is 25.3. The van der Waals surface area contributed by atoms with Crippen LogP contribution in [0.5, 0.6) is 0 Å². The Morgan fingerprint density at radius 2 is 1.97 bits per heavy atom. The number of hydrogen-bond acceptors (Lipinski definition) is 8. The van der Waals surface area contributed by atoms with E-state index in [1.54, 1.807) is 45.4 Å². The minimum atomic E-state index is -0.825. The number of hydrogen-bond donors (Lipinski definition) is 2. The summed E-state index contributed by atoms with van der Waals surface area (Å²) in [6.07, 6.45) is 0.733. The van der Waals surface area contributed by atoms with Crippen LogP contribution in [-0.4, -0.2) is 64.6 Å². The molecule has 2 aromatic heterocycles. The fraction of sp³-hybridized carbons (Fsp3) is 0.348. The fourth-order valence-electron chi connectivity index (χ4n) is 3.64. The van der Waals surface area contributed by atoms with Crippen LogP contribution in [0.1, 0.15) is 19.0 Å². The van der Waals surface area contributed by atoms with Gasteiger partial charge in [-0.25, -0.2) is 19.3 Å². The standard InChI is InChI=1S/C23H24FN7O3/c1-23(21(32)31(2)3)12-33-20(34-13-23)19-29-17(14-4-6-15(24)7-5-14)18(30-19)16-8-10-26-22(28-16)27-11-9-25/h4-8,10,20H,11-13H2,1-3H3,(H,29,30)(H,26,27,28). The lowest BCUT2D eigenvalue weighted by atomic mass is 9.90. The Kier molecular flexibility index (Phi) is 6.54. The van der Waals surface area contributed by atoms with Gasteiger partial charge in [0, 0.05) is 25.9 Å². The van der Waals surface area contributed by atoms with Gasteiger partial charge in [-0.2, -0.15) is 5.26 Å². The van der Waals surface area contributed by atoms with Gasteiger partial charge in [0.05, 0.1) is 41.8 Å². The van der Waals surface area contributed by atoms with Crippen LogP contribution in [-0.2, 0) is 14.3 Å². The summed E-state index contributed by atoms with van der Waals surface area (Å²) in [5.41, 5.74) is 1.44. The number of rotatable bonds is 6. The molecule has 1 aliphatic rings. The lowest BCUT2D eigenvalue weighted by Gasteiger charge is -2.36. The summed E-state index contributed by atoms with van der Waals surface area (Å²) in [7, 11) is 3.38. The number of aromatic amines is 1. The van der Waals surface area contributed by atoms with Gasteiger partial charge in [0.2, 0.25) is 18.1 Å². The van der Waals surface area contributed by atoms with E-state index in [-0.39, 0.29) is 37.4 Å². The number of benzene rings is 1. The molecule has 4 rings (SSSR count). The maximum Gasteiger partial charge on any atom is 0.232 e. The van der Waals surface area contributed by atoms with Crippen LogP contribution in [0.4, 0.5) is 10.3 Å². The van der Waals surface area contributed by atoms with E-state index in [9.17, 15) is 9.18 Å². The van der Waals surface area contributed by atoms with Crippen molar-refractivity contribution in [1.82, 2.24) is 24.8 Å². The molecular weight excluding hydrogens is 441 g/mol. The molecule has 1 aromatic carbocycles. The van der Waals surface area contributed by atoms with Crippen molar-refractivity contribution in [2.24, 2.45) is 5.41 Å². The first kappa shape index (κ1) is 23.3. The molecule has 3 heterocycles. The molecule has 1 fully saturated rings. The number of nitrogens with one attached hydrogen (secondary N) is 2. The number of nitriles is 1. The number of imidazole rings is 1. The molecule has 1 saturated heterocycles. The first-order valence-corrected chi connectivity index (χ1v) is 10.6. The normalized spacial score (nSPS) is 19.9. The summed E-state index contributed by atoms with van der Waals surface area (Å²) in [5.74, 6) is 0.216. The van der Waals surface area contributed by atoms with Crippen LogP contribution in [0.3, 0.4) is 0 Å². The van der Waals surface area contributed by atoms with Crippen molar-refractivity contribution in [1.29, 1.82) is 5.26 Å². The molecule has 0 saturated carbocycles. The third-order valence-corrected chi connectivity index (χ3v) is 5.33. The van der Waals surface area contributed by atoms with Gasteiger partial charge in [0.1, 0.15) is 12.4 Å². The van der Waals surface area contributed by atoms with Crippen molar-refractivity contribution in [2.45, 2.75) is 13.2 Å². The Morgan fingerprint density at radius 1 is 1.26 bits per heavy atom. The van der Waals surface area contributed by atoms with Crippen LogP contribution in [0.25, 0.3) is 22.6 Å². The van der Waals surface area contributed by atoms with E-state index in [4.69, 9.17) is 14.7 Å². The van der Waals surface area contributed by atoms with Crippen molar-refractivity contribution >= 4 is 11.9 Å². The van der Waals surface area contributed by atoms with E-state index in [1.807, 2.05) is 6.07 Å². The van der Waals surface area contributed by atoms with E-state index >= 15 is 0 Å². The van der Waals surface area contributed by atoms with Crippen molar-refractivity contribution < 1.29 is 18.7 Å². The number of carbonyl (C=O) groups is 1. The summed E-state index contributed by atoms with van der Waals surface area (Å²) in [5, 5.41) is 11.6. The zero-order valence-corrected chi connectivity index (χ0v) is 19.0. The van der Waals surface area contributed by atoms with Gasteiger partial charge in [0.15, 0.2) is 5.82 Å². The largest absolute Gasteiger partial charge is 0.348 e. The zero-order chi connectivity index (χ0) is 24.3. The molecule has 3 aromatic rings. The van der Waals surface area contributed by atoms with Crippen LogP contribution in [0, 0.1) is 22.6 Å². The summed E-state index contributed by atoms with van der Waals surface area (Å²) >= 11 is 0. The third kappa shape index (κ3) is 4.73. The highest BCUT2D eigenvalue weighted by molar-refractivity contribution is 5.82. The highest BCUT2D eigenvalue weighted by Gasteiger charge is 2.41. The lowest BCUT2D eigenvalue weighted by Crippen LogP contribution is -2.48. The van der Waals surface area contributed by atoms with Crippen LogP contribution in [0.15, 0.2) is 36.5 Å². The maximum absolute atomic E-state index is 13.5. The molecule has 2 N–H and O–H groups in total. The molecule has 0 atom stereocenters. The van der Waals surface area contributed by atoms with Crippen LogP contribution in [0.2, 0.25) is 0 Å². The minimum absolute atomic E-state index is 0.0523. The number of H-pyrrole nitrogens is 1. The van der Waals surface area contributed by atoms with E-state index < -0.39 is 11.7 Å². The molecule has 1 aliphatic heterocycles. The molecule has 0 spiro atoms. The zero-order valence-electron chi connectivity index (χ0n) is 19.0. The number of anilines is 1. The molecule has 176 valence electrons. The topological polar surface area (TPSA) is 129 Å². The molecule has 0 bridgehead atoms. The van der Waals surface area contributed by atoms with Crippen LogP contribution < -0.4 is 5.32 Å². The Labute approximate surface area is 195 Å². The monoisotopic (exact) mass is 465 g/mol. The summed E-state index contributed by atoms with van der Waals surface area (Å²) in [4.78, 5) is 30.5. The average Bonchev–Trinajstić information content (AvgIpc) is 3.29. The number of halogens is 1. The van der Waals surface area contributed by atoms with Crippen molar-refractivity contribution in [3.63, 3.8) is 0 Å². The van der Waals surface area contributed by atoms with Gasteiger partial charge in [-0.1, -0.05) is 0 Å². The number of ether oxygens (including phenoxy) is 2.